The maximum atomic E-state index is 11.9. The van der Waals surface area contributed by atoms with Crippen molar-refractivity contribution in [2.45, 2.75) is 19.0 Å². The second kappa shape index (κ2) is 5.81. The van der Waals surface area contributed by atoms with Crippen LogP contribution in [-0.2, 0) is 14.3 Å². The van der Waals surface area contributed by atoms with Gasteiger partial charge in [0.25, 0.3) is 5.56 Å². The molecule has 0 aliphatic rings. The molecule has 0 aromatic carbocycles. The van der Waals surface area contributed by atoms with E-state index in [0.29, 0.717) is 5.16 Å². The third-order valence-corrected chi connectivity index (χ3v) is 3.27. The molecule has 0 aliphatic heterocycles. The molecule has 1 aromatic heterocycles. The van der Waals surface area contributed by atoms with Gasteiger partial charge in [-0.1, -0.05) is 11.8 Å². The first kappa shape index (κ1) is 14.4. The van der Waals surface area contributed by atoms with Gasteiger partial charge in [-0.15, -0.1) is 0 Å². The lowest BCUT2D eigenvalue weighted by molar-refractivity contribution is -0.154. The zero-order valence-electron chi connectivity index (χ0n) is 10.4. The molecule has 0 amide bonds. The van der Waals surface area contributed by atoms with E-state index in [0.717, 1.165) is 11.8 Å². The molecule has 6 nitrogen and oxygen atoms in total. The third-order valence-electron chi connectivity index (χ3n) is 2.38. The Morgan fingerprint density at radius 2 is 2.17 bits per heavy atom. The van der Waals surface area contributed by atoms with E-state index in [2.05, 4.69) is 14.7 Å². The van der Waals surface area contributed by atoms with Gasteiger partial charge in [-0.25, -0.2) is 4.98 Å². The van der Waals surface area contributed by atoms with Crippen LogP contribution in [-0.4, -0.2) is 34.6 Å². The summed E-state index contributed by atoms with van der Waals surface area (Å²) in [5.41, 5.74) is -1.48. The molecule has 1 rings (SSSR count). The quantitative estimate of drug-likeness (QED) is 0.365. The second-order valence-electron chi connectivity index (χ2n) is 4.07. The van der Waals surface area contributed by atoms with Gasteiger partial charge in [0.15, 0.2) is 10.9 Å². The number of rotatable bonds is 5. The first-order valence-corrected chi connectivity index (χ1v) is 6.16. The summed E-state index contributed by atoms with van der Waals surface area (Å²) < 4.78 is 4.56. The van der Waals surface area contributed by atoms with Gasteiger partial charge in [0, 0.05) is 12.3 Å². The smallest absolute Gasteiger partial charge is 0.318 e. The lowest BCUT2D eigenvalue weighted by Gasteiger charge is -2.19. The summed E-state index contributed by atoms with van der Waals surface area (Å²) in [5, 5.41) is 0.344. The molecule has 7 heteroatoms. The lowest BCUT2D eigenvalue weighted by atomic mass is 9.89. The Labute approximate surface area is 108 Å². The molecule has 0 atom stereocenters. The summed E-state index contributed by atoms with van der Waals surface area (Å²) in [4.78, 5) is 40.7. The van der Waals surface area contributed by atoms with E-state index in [1.165, 1.54) is 33.2 Å². The normalized spacial score (nSPS) is 11.1. The van der Waals surface area contributed by atoms with Crippen molar-refractivity contribution in [1.82, 2.24) is 9.97 Å². The molecular weight excluding hydrogens is 256 g/mol. The molecule has 1 N–H and O–H groups in total. The van der Waals surface area contributed by atoms with E-state index in [-0.39, 0.29) is 17.1 Å². The van der Waals surface area contributed by atoms with Crippen LogP contribution in [0.4, 0.5) is 0 Å². The van der Waals surface area contributed by atoms with Gasteiger partial charge in [-0.2, -0.15) is 0 Å². The molecule has 0 fully saturated rings. The van der Waals surface area contributed by atoms with E-state index < -0.39 is 11.4 Å². The first-order chi connectivity index (χ1) is 8.37. The Morgan fingerprint density at radius 1 is 1.50 bits per heavy atom. The number of H-pyrrole nitrogens is 1. The highest BCUT2D eigenvalue weighted by molar-refractivity contribution is 7.99. The highest BCUT2D eigenvalue weighted by Gasteiger charge is 2.36. The average molecular weight is 270 g/mol. The maximum Gasteiger partial charge on any atom is 0.318 e. The number of thioether (sulfide) groups is 1. The lowest BCUT2D eigenvalue weighted by Crippen LogP contribution is -2.35. The molecule has 0 saturated carbocycles. The van der Waals surface area contributed by atoms with E-state index in [4.69, 9.17) is 0 Å². The van der Waals surface area contributed by atoms with Crippen LogP contribution in [0.25, 0.3) is 0 Å². The minimum absolute atomic E-state index is 0.0368. The van der Waals surface area contributed by atoms with E-state index in [1.54, 1.807) is 0 Å². The van der Waals surface area contributed by atoms with Crippen LogP contribution < -0.4 is 5.56 Å². The number of carbonyl (C=O) groups is 2. The van der Waals surface area contributed by atoms with Crippen molar-refractivity contribution in [2.75, 3.05) is 12.9 Å². The van der Waals surface area contributed by atoms with Crippen molar-refractivity contribution < 1.29 is 14.3 Å². The molecule has 18 heavy (non-hydrogen) atoms. The largest absolute Gasteiger partial charge is 0.468 e. The highest BCUT2D eigenvalue weighted by atomic mass is 32.2. The van der Waals surface area contributed by atoms with Crippen LogP contribution in [0.2, 0.25) is 0 Å². The topological polar surface area (TPSA) is 89.1 Å². The molecule has 0 aliphatic carbocycles. The van der Waals surface area contributed by atoms with Crippen LogP contribution in [0.1, 0.15) is 13.8 Å². The van der Waals surface area contributed by atoms with Gasteiger partial charge in [-0.05, 0) is 13.8 Å². The first-order valence-electron chi connectivity index (χ1n) is 5.17. The Balaban J connectivity index is 2.67. The molecule has 0 saturated heterocycles. The number of ether oxygens (including phenoxy) is 1. The van der Waals surface area contributed by atoms with E-state index in [9.17, 15) is 14.4 Å². The molecule has 0 radical (unpaired) electrons. The number of ketones is 1. The fourth-order valence-electron chi connectivity index (χ4n) is 1.11. The summed E-state index contributed by atoms with van der Waals surface area (Å²) >= 11 is 1.07. The van der Waals surface area contributed by atoms with Crippen molar-refractivity contribution in [3.05, 3.63) is 22.6 Å². The predicted octanol–water partition coefficient (Wildman–Crippen LogP) is 0.630. The van der Waals surface area contributed by atoms with Crippen molar-refractivity contribution in [3.8, 4) is 0 Å². The number of Topliss-reactive ketones (excluding diaryl/α,β-unsaturated/α-hetero) is 1. The summed E-state index contributed by atoms with van der Waals surface area (Å²) in [6.45, 7) is 3.01. The zero-order valence-corrected chi connectivity index (χ0v) is 11.2. The zero-order chi connectivity index (χ0) is 13.8. The standard InChI is InChI=1S/C11H14N2O4S/c1-11(2,9(16)17-3)7(14)6-18-10-12-5-4-8(15)13-10/h4-5H,6H2,1-3H3,(H,12,13,15). The monoisotopic (exact) mass is 270 g/mol. The Morgan fingerprint density at radius 3 is 2.72 bits per heavy atom. The number of carbonyl (C=O) groups excluding carboxylic acids is 2. The fourth-order valence-corrected chi connectivity index (χ4v) is 2.05. The molecule has 0 bridgehead atoms. The van der Waals surface area contributed by atoms with Gasteiger partial charge < -0.3 is 9.72 Å². The number of methoxy groups -OCH3 is 1. The van der Waals surface area contributed by atoms with Crippen molar-refractivity contribution in [1.29, 1.82) is 0 Å². The van der Waals surface area contributed by atoms with Crippen molar-refractivity contribution >= 4 is 23.5 Å². The Hall–Kier alpha value is -1.63. The number of nitrogens with zero attached hydrogens (tertiary/aromatic N) is 1. The molecule has 0 spiro atoms. The number of nitrogens with one attached hydrogen (secondary N) is 1. The SMILES string of the molecule is COC(=O)C(C)(C)C(=O)CSc1nccc(=O)[nH]1. The van der Waals surface area contributed by atoms with E-state index >= 15 is 0 Å². The Bertz CT molecular complexity index is 510. The van der Waals surface area contributed by atoms with E-state index in [1.807, 2.05) is 0 Å². The minimum Gasteiger partial charge on any atom is -0.468 e. The molecule has 1 aromatic rings. The highest BCUT2D eigenvalue weighted by Crippen LogP contribution is 2.22. The Kier molecular flexibility index (Phi) is 4.66. The van der Waals surface area contributed by atoms with Crippen LogP contribution in [0, 0.1) is 5.41 Å². The molecule has 0 unspecified atom stereocenters. The molecule has 1 heterocycles. The van der Waals surface area contributed by atoms with Crippen molar-refractivity contribution in [2.24, 2.45) is 5.41 Å². The van der Waals surface area contributed by atoms with Gasteiger partial charge in [0.05, 0.1) is 12.9 Å². The number of aromatic amines is 1. The summed E-state index contributed by atoms with van der Waals surface area (Å²) in [7, 11) is 1.24. The van der Waals surface area contributed by atoms with Crippen LogP contribution >= 0.6 is 11.8 Å². The predicted molar refractivity (Wildman–Crippen MR) is 66.4 cm³/mol. The molecular formula is C11H14N2O4S. The minimum atomic E-state index is -1.20. The fraction of sp³-hybridized carbons (Fsp3) is 0.455. The molecule has 98 valence electrons. The number of hydrogen-bond acceptors (Lipinski definition) is 6. The van der Waals surface area contributed by atoms with Crippen LogP contribution in [0.15, 0.2) is 22.2 Å². The van der Waals surface area contributed by atoms with Gasteiger partial charge in [-0.3, -0.25) is 14.4 Å². The third kappa shape index (κ3) is 3.43. The number of esters is 1. The number of hydrogen-bond donors (Lipinski definition) is 1. The average Bonchev–Trinajstić information content (AvgIpc) is 2.34. The van der Waals surface area contributed by atoms with Crippen molar-refractivity contribution in [3.63, 3.8) is 0 Å². The summed E-state index contributed by atoms with van der Waals surface area (Å²) in [5.74, 6) is -0.830. The maximum absolute atomic E-state index is 11.9. The summed E-state index contributed by atoms with van der Waals surface area (Å²) in [6.07, 6.45) is 1.36. The van der Waals surface area contributed by atoms with Gasteiger partial charge in [0.2, 0.25) is 0 Å². The summed E-state index contributed by atoms with van der Waals surface area (Å²) in [6, 6.07) is 1.28. The van der Waals surface area contributed by atoms with Gasteiger partial charge in [0.1, 0.15) is 5.41 Å². The van der Waals surface area contributed by atoms with Gasteiger partial charge >= 0.3 is 5.97 Å². The van der Waals surface area contributed by atoms with Crippen LogP contribution in [0.5, 0.6) is 0 Å². The second-order valence-corrected chi connectivity index (χ2v) is 5.03. The number of aromatic nitrogens is 2. The van der Waals surface area contributed by atoms with Crippen LogP contribution in [0.3, 0.4) is 0 Å².